The molecule has 1 aromatic heterocycles. The van der Waals surface area contributed by atoms with E-state index in [9.17, 15) is 0 Å². The first-order chi connectivity index (χ1) is 6.90. The van der Waals surface area contributed by atoms with E-state index in [4.69, 9.17) is 9.47 Å². The summed E-state index contributed by atoms with van der Waals surface area (Å²) in [4.78, 5) is 8.44. The molecule has 2 heterocycles. The van der Waals surface area contributed by atoms with Crippen LogP contribution in [0, 0.1) is 0 Å². The van der Waals surface area contributed by atoms with E-state index in [0.29, 0.717) is 25.6 Å². The van der Waals surface area contributed by atoms with Crippen LogP contribution in [0.4, 0.5) is 5.82 Å². The van der Waals surface area contributed by atoms with Gasteiger partial charge in [-0.3, -0.25) is 0 Å². The molecule has 0 radical (unpaired) electrons. The van der Waals surface area contributed by atoms with E-state index < -0.39 is 0 Å². The summed E-state index contributed by atoms with van der Waals surface area (Å²) in [6.07, 6.45) is 1.59. The summed E-state index contributed by atoms with van der Waals surface area (Å²) in [5.41, 5.74) is 0. The molecule has 2 rings (SSSR count). The molecular formula is C9H13N3O2. The average Bonchev–Trinajstić information content (AvgIpc) is 2.30. The van der Waals surface area contributed by atoms with Crippen molar-refractivity contribution in [2.75, 3.05) is 32.2 Å². The number of nitrogens with one attached hydrogen (secondary N) is 1. The molecule has 0 bridgehead atoms. The highest BCUT2D eigenvalue weighted by molar-refractivity contribution is 5.31. The summed E-state index contributed by atoms with van der Waals surface area (Å²) in [5.74, 6) is 1.47. The van der Waals surface area contributed by atoms with Crippen LogP contribution in [-0.2, 0) is 9.47 Å². The second-order valence-electron chi connectivity index (χ2n) is 2.98. The van der Waals surface area contributed by atoms with Gasteiger partial charge in [-0.05, 0) is 6.07 Å². The van der Waals surface area contributed by atoms with E-state index in [-0.39, 0.29) is 6.10 Å². The number of aromatic nitrogens is 2. The van der Waals surface area contributed by atoms with Crippen molar-refractivity contribution >= 4 is 5.82 Å². The fourth-order valence-corrected chi connectivity index (χ4v) is 1.30. The van der Waals surface area contributed by atoms with Gasteiger partial charge >= 0.3 is 0 Å². The highest BCUT2D eigenvalue weighted by Crippen LogP contribution is 2.17. The molecule has 1 aromatic rings. The molecule has 0 aliphatic carbocycles. The number of nitrogens with zero attached hydrogens (tertiary/aromatic N) is 2. The van der Waals surface area contributed by atoms with E-state index in [1.54, 1.807) is 6.20 Å². The number of hydrogen-bond acceptors (Lipinski definition) is 5. The highest BCUT2D eigenvalue weighted by atomic mass is 16.6. The third kappa shape index (κ3) is 2.00. The van der Waals surface area contributed by atoms with Gasteiger partial charge in [0.2, 0.25) is 0 Å². The number of anilines is 1. The maximum absolute atomic E-state index is 5.49. The fraction of sp³-hybridized carbons (Fsp3) is 0.556. The monoisotopic (exact) mass is 195 g/mol. The molecule has 5 nitrogen and oxygen atoms in total. The van der Waals surface area contributed by atoms with Gasteiger partial charge in [-0.15, -0.1) is 0 Å². The number of ether oxygens (including phenoxy) is 2. The van der Waals surface area contributed by atoms with Gasteiger partial charge in [0.15, 0.2) is 5.82 Å². The second kappa shape index (κ2) is 4.34. The van der Waals surface area contributed by atoms with Gasteiger partial charge in [0.25, 0.3) is 0 Å². The molecule has 0 spiro atoms. The Bertz CT molecular complexity index is 300. The third-order valence-corrected chi connectivity index (χ3v) is 2.03. The maximum atomic E-state index is 5.49. The van der Waals surface area contributed by atoms with Crippen LogP contribution in [0.3, 0.4) is 0 Å². The Morgan fingerprint density at radius 1 is 1.50 bits per heavy atom. The minimum atomic E-state index is -0.128. The fourth-order valence-electron chi connectivity index (χ4n) is 1.30. The first-order valence-corrected chi connectivity index (χ1v) is 4.60. The standard InChI is InChI=1S/C9H13N3O2/c1-10-8-2-3-11-9(12-8)7-6-13-4-5-14-7/h2-3,7H,4-6H2,1H3,(H,10,11,12). The number of hydrogen-bond donors (Lipinski definition) is 1. The van der Waals surface area contributed by atoms with Gasteiger partial charge in [-0.1, -0.05) is 0 Å². The van der Waals surface area contributed by atoms with Gasteiger partial charge in [-0.2, -0.15) is 0 Å². The molecule has 0 amide bonds. The van der Waals surface area contributed by atoms with E-state index in [1.165, 1.54) is 0 Å². The van der Waals surface area contributed by atoms with Crippen LogP contribution in [0.5, 0.6) is 0 Å². The van der Waals surface area contributed by atoms with Gasteiger partial charge in [-0.25, -0.2) is 9.97 Å². The van der Waals surface area contributed by atoms with Crippen LogP contribution in [0.1, 0.15) is 11.9 Å². The molecule has 1 aliphatic rings. The van der Waals surface area contributed by atoms with Crippen molar-refractivity contribution in [3.05, 3.63) is 18.1 Å². The van der Waals surface area contributed by atoms with Gasteiger partial charge in [0, 0.05) is 13.2 Å². The zero-order chi connectivity index (χ0) is 9.80. The van der Waals surface area contributed by atoms with E-state index in [2.05, 4.69) is 15.3 Å². The molecule has 1 fully saturated rings. The predicted molar refractivity (Wildman–Crippen MR) is 51.1 cm³/mol. The minimum Gasteiger partial charge on any atom is -0.376 e. The van der Waals surface area contributed by atoms with Crippen LogP contribution in [0.2, 0.25) is 0 Å². The second-order valence-corrected chi connectivity index (χ2v) is 2.98. The topological polar surface area (TPSA) is 56.3 Å². The number of rotatable bonds is 2. The van der Waals surface area contributed by atoms with Crippen LogP contribution in [0.15, 0.2) is 12.3 Å². The molecule has 1 atom stereocenters. The molecular weight excluding hydrogens is 182 g/mol. The van der Waals surface area contributed by atoms with Crippen LogP contribution >= 0.6 is 0 Å². The molecule has 76 valence electrons. The summed E-state index contributed by atoms with van der Waals surface area (Å²) in [7, 11) is 1.82. The molecule has 1 aliphatic heterocycles. The Hall–Kier alpha value is -1.20. The van der Waals surface area contributed by atoms with Crippen LogP contribution in [-0.4, -0.2) is 36.8 Å². The van der Waals surface area contributed by atoms with E-state index in [1.807, 2.05) is 13.1 Å². The van der Waals surface area contributed by atoms with Gasteiger partial charge in [0.1, 0.15) is 11.9 Å². The molecule has 5 heteroatoms. The van der Waals surface area contributed by atoms with E-state index in [0.717, 1.165) is 5.82 Å². The molecule has 14 heavy (non-hydrogen) atoms. The van der Waals surface area contributed by atoms with Crippen molar-refractivity contribution in [2.45, 2.75) is 6.10 Å². The molecule has 0 saturated carbocycles. The summed E-state index contributed by atoms with van der Waals surface area (Å²) >= 11 is 0. The lowest BCUT2D eigenvalue weighted by Crippen LogP contribution is -2.23. The smallest absolute Gasteiger partial charge is 0.161 e. The largest absolute Gasteiger partial charge is 0.376 e. The Kier molecular flexibility index (Phi) is 2.90. The minimum absolute atomic E-state index is 0.128. The summed E-state index contributed by atoms with van der Waals surface area (Å²) in [6.45, 7) is 1.80. The average molecular weight is 195 g/mol. The Morgan fingerprint density at radius 2 is 2.43 bits per heavy atom. The van der Waals surface area contributed by atoms with Gasteiger partial charge in [0.05, 0.1) is 19.8 Å². The lowest BCUT2D eigenvalue weighted by molar-refractivity contribution is -0.0934. The zero-order valence-corrected chi connectivity index (χ0v) is 8.06. The SMILES string of the molecule is CNc1ccnc(C2COCCO2)n1. The Labute approximate surface area is 82.5 Å². The lowest BCUT2D eigenvalue weighted by Gasteiger charge is -2.21. The van der Waals surface area contributed by atoms with Crippen molar-refractivity contribution in [3.8, 4) is 0 Å². The first-order valence-electron chi connectivity index (χ1n) is 4.60. The highest BCUT2D eigenvalue weighted by Gasteiger charge is 2.19. The third-order valence-electron chi connectivity index (χ3n) is 2.03. The first kappa shape index (κ1) is 9.36. The zero-order valence-electron chi connectivity index (χ0n) is 8.06. The van der Waals surface area contributed by atoms with Crippen LogP contribution in [0.25, 0.3) is 0 Å². The summed E-state index contributed by atoms with van der Waals surface area (Å²) in [6, 6.07) is 1.81. The summed E-state index contributed by atoms with van der Waals surface area (Å²) in [5, 5.41) is 2.96. The maximum Gasteiger partial charge on any atom is 0.161 e. The normalized spacial score (nSPS) is 21.9. The molecule has 1 unspecified atom stereocenters. The Morgan fingerprint density at radius 3 is 3.14 bits per heavy atom. The van der Waals surface area contributed by atoms with Crippen molar-refractivity contribution in [1.82, 2.24) is 9.97 Å². The van der Waals surface area contributed by atoms with Gasteiger partial charge < -0.3 is 14.8 Å². The van der Waals surface area contributed by atoms with Crippen LogP contribution < -0.4 is 5.32 Å². The molecule has 1 saturated heterocycles. The molecule has 1 N–H and O–H groups in total. The van der Waals surface area contributed by atoms with Crippen molar-refractivity contribution in [2.24, 2.45) is 0 Å². The lowest BCUT2D eigenvalue weighted by atomic mass is 10.3. The quantitative estimate of drug-likeness (QED) is 0.749. The molecule has 0 aromatic carbocycles. The van der Waals surface area contributed by atoms with Crippen molar-refractivity contribution in [3.63, 3.8) is 0 Å². The Balaban J connectivity index is 2.13. The van der Waals surface area contributed by atoms with E-state index >= 15 is 0 Å². The summed E-state index contributed by atoms with van der Waals surface area (Å²) < 4.78 is 10.8. The van der Waals surface area contributed by atoms with Crippen molar-refractivity contribution in [1.29, 1.82) is 0 Å². The van der Waals surface area contributed by atoms with Crippen molar-refractivity contribution < 1.29 is 9.47 Å². The predicted octanol–water partition coefficient (Wildman–Crippen LogP) is 0.606.